The smallest absolute Gasteiger partial charge is 0.354 e. The van der Waals surface area contributed by atoms with Crippen LogP contribution in [0.2, 0.25) is 0 Å². The summed E-state index contributed by atoms with van der Waals surface area (Å²) in [6.07, 6.45) is 2.95. The fourth-order valence-electron chi connectivity index (χ4n) is 4.90. The Bertz CT molecular complexity index is 1660. The predicted octanol–water partition coefficient (Wildman–Crippen LogP) is 1.46. The van der Waals surface area contributed by atoms with Gasteiger partial charge in [-0.1, -0.05) is 24.3 Å². The van der Waals surface area contributed by atoms with Gasteiger partial charge in [0.05, 0.1) is 10.6 Å². The third kappa shape index (κ3) is 5.64. The Morgan fingerprint density at radius 1 is 1.10 bits per heavy atom. The molecule has 0 unspecified atom stereocenters. The maximum Gasteiger partial charge on any atom is 0.354 e. The van der Waals surface area contributed by atoms with E-state index in [2.05, 4.69) is 15.3 Å². The van der Waals surface area contributed by atoms with Crippen molar-refractivity contribution in [2.75, 3.05) is 19.6 Å². The number of nitrogens with zero attached hydrogens (tertiary/aromatic N) is 3. The fraction of sp³-hybridized carbons (Fsp3) is 0.296. The Balaban J connectivity index is 1.49. The highest BCUT2D eigenvalue weighted by molar-refractivity contribution is 7.89. The van der Waals surface area contributed by atoms with E-state index in [0.29, 0.717) is 60.5 Å². The zero-order valence-electron chi connectivity index (χ0n) is 21.3. The third-order valence-corrected chi connectivity index (χ3v) is 8.95. The number of carbonyl (C=O) groups excluding carboxylic acids is 1. The number of aromatic amines is 1. The first-order chi connectivity index (χ1) is 18.8. The molecule has 2 aromatic heterocycles. The minimum atomic E-state index is -3.91. The van der Waals surface area contributed by atoms with Crippen LogP contribution < -0.4 is 22.5 Å². The lowest BCUT2D eigenvalue weighted by Gasteiger charge is -2.33. The van der Waals surface area contributed by atoms with Crippen LogP contribution in [-0.4, -0.2) is 58.8 Å². The average molecular weight is 550 g/mol. The van der Waals surface area contributed by atoms with Crippen molar-refractivity contribution < 1.29 is 13.2 Å². The molecule has 0 bridgehead atoms. The molecule has 5 rings (SSSR count). The minimum Gasteiger partial charge on any atom is -0.370 e. The molecule has 204 valence electrons. The van der Waals surface area contributed by atoms with Crippen molar-refractivity contribution in [2.45, 2.75) is 36.7 Å². The first-order valence-corrected chi connectivity index (χ1v) is 14.2. The highest BCUT2D eigenvalue weighted by Gasteiger charge is 2.32. The first kappa shape index (κ1) is 26.8. The number of H-pyrrole nitrogens is 1. The van der Waals surface area contributed by atoms with E-state index < -0.39 is 21.6 Å². The van der Waals surface area contributed by atoms with Crippen LogP contribution in [0.15, 0.2) is 70.5 Å². The summed E-state index contributed by atoms with van der Waals surface area (Å²) < 4.78 is 30.4. The maximum absolute atomic E-state index is 13.8. The number of carbonyl (C=O) groups is 1. The van der Waals surface area contributed by atoms with Crippen LogP contribution in [0.4, 0.5) is 0 Å². The van der Waals surface area contributed by atoms with E-state index in [1.54, 1.807) is 30.5 Å². The molecule has 2 aromatic carbocycles. The Kier molecular flexibility index (Phi) is 7.62. The molecule has 1 saturated heterocycles. The predicted molar refractivity (Wildman–Crippen MR) is 149 cm³/mol. The van der Waals surface area contributed by atoms with Gasteiger partial charge in [0, 0.05) is 42.8 Å². The van der Waals surface area contributed by atoms with E-state index in [1.165, 1.54) is 8.87 Å². The maximum atomic E-state index is 13.8. The van der Waals surface area contributed by atoms with Gasteiger partial charge >= 0.3 is 5.69 Å². The van der Waals surface area contributed by atoms with Crippen LogP contribution in [0.1, 0.15) is 24.8 Å². The van der Waals surface area contributed by atoms with Crippen LogP contribution >= 0.6 is 0 Å². The van der Waals surface area contributed by atoms with E-state index >= 15 is 0 Å². The Hall–Kier alpha value is -3.84. The lowest BCUT2D eigenvalue weighted by atomic mass is 10.1. The van der Waals surface area contributed by atoms with Crippen molar-refractivity contribution in [1.82, 2.24) is 24.2 Å². The normalized spacial score (nSPS) is 14.7. The number of benzene rings is 2. The molecular weight excluding hydrogens is 518 g/mol. The van der Waals surface area contributed by atoms with E-state index in [9.17, 15) is 18.0 Å². The van der Waals surface area contributed by atoms with Crippen molar-refractivity contribution in [1.29, 1.82) is 0 Å². The molecule has 6 N–H and O–H groups in total. The summed E-state index contributed by atoms with van der Waals surface area (Å²) in [6, 6.07) is 15.6. The van der Waals surface area contributed by atoms with Crippen molar-refractivity contribution in [3.8, 4) is 16.9 Å². The van der Waals surface area contributed by atoms with Crippen LogP contribution in [-0.2, 0) is 21.4 Å². The number of sulfonamides is 1. The Morgan fingerprint density at radius 2 is 1.85 bits per heavy atom. The SMILES string of the molecule is NCc1ccc(-n2cc3cc(-c4cccc(S(=O)(=O)N(CCC(N)=O)C5CCNCC5)c4)[nH]c3nc2=O)cc1. The molecular formula is C27H31N7O4S. The van der Waals surface area contributed by atoms with Gasteiger partial charge < -0.3 is 21.8 Å². The van der Waals surface area contributed by atoms with Gasteiger partial charge in [-0.25, -0.2) is 13.2 Å². The molecule has 39 heavy (non-hydrogen) atoms. The molecule has 1 amide bonds. The van der Waals surface area contributed by atoms with Gasteiger partial charge in [-0.3, -0.25) is 9.36 Å². The summed E-state index contributed by atoms with van der Waals surface area (Å²) in [5.41, 5.74) is 13.8. The lowest BCUT2D eigenvalue weighted by molar-refractivity contribution is -0.118. The largest absolute Gasteiger partial charge is 0.370 e. The monoisotopic (exact) mass is 549 g/mol. The number of hydrogen-bond donors (Lipinski definition) is 4. The fourth-order valence-corrected chi connectivity index (χ4v) is 6.63. The van der Waals surface area contributed by atoms with Crippen molar-refractivity contribution >= 4 is 27.0 Å². The molecule has 4 aromatic rings. The van der Waals surface area contributed by atoms with Crippen LogP contribution in [0.5, 0.6) is 0 Å². The summed E-state index contributed by atoms with van der Waals surface area (Å²) >= 11 is 0. The molecule has 0 radical (unpaired) electrons. The average Bonchev–Trinajstić information content (AvgIpc) is 3.36. The Labute approximate surface area is 225 Å². The number of amides is 1. The van der Waals surface area contributed by atoms with Crippen molar-refractivity contribution in [3.05, 3.63) is 76.8 Å². The highest BCUT2D eigenvalue weighted by atomic mass is 32.2. The van der Waals surface area contributed by atoms with Gasteiger partial charge in [0.15, 0.2) is 0 Å². The van der Waals surface area contributed by atoms with Gasteiger partial charge in [0.2, 0.25) is 15.9 Å². The zero-order valence-corrected chi connectivity index (χ0v) is 22.2. The van der Waals surface area contributed by atoms with Gasteiger partial charge in [-0.15, -0.1) is 0 Å². The summed E-state index contributed by atoms with van der Waals surface area (Å²) in [5, 5.41) is 3.93. The number of nitrogens with two attached hydrogens (primary N) is 2. The second kappa shape index (κ2) is 11.1. The van der Waals surface area contributed by atoms with Crippen molar-refractivity contribution in [2.24, 2.45) is 11.5 Å². The van der Waals surface area contributed by atoms with Gasteiger partial charge in [-0.05, 0) is 67.4 Å². The van der Waals surface area contributed by atoms with E-state index in [1.807, 2.05) is 30.3 Å². The quantitative estimate of drug-likeness (QED) is 0.245. The Morgan fingerprint density at radius 3 is 2.54 bits per heavy atom. The number of rotatable bonds is 9. The number of primary amides is 1. The second-order valence-corrected chi connectivity index (χ2v) is 11.5. The summed E-state index contributed by atoms with van der Waals surface area (Å²) in [7, 11) is -3.91. The van der Waals surface area contributed by atoms with E-state index in [0.717, 1.165) is 5.56 Å². The number of piperidine rings is 1. The van der Waals surface area contributed by atoms with Crippen molar-refractivity contribution in [3.63, 3.8) is 0 Å². The molecule has 0 saturated carbocycles. The standard InChI is InChI=1S/C27H31N7O4S/c28-16-18-4-6-21(7-5-18)33-17-20-15-24(31-26(20)32-27(33)36)19-2-1-3-23(14-19)39(37,38)34(13-10-25(29)35)22-8-11-30-12-9-22/h1-7,14-15,17,22,30H,8-13,16,28H2,(H2,29,35)(H,31,32,36). The first-order valence-electron chi connectivity index (χ1n) is 12.8. The number of fused-ring (bicyclic) bond motifs is 1. The van der Waals surface area contributed by atoms with Crippen LogP contribution in [0.3, 0.4) is 0 Å². The van der Waals surface area contributed by atoms with E-state index in [-0.39, 0.29) is 23.9 Å². The molecule has 11 nitrogen and oxygen atoms in total. The summed E-state index contributed by atoms with van der Waals surface area (Å²) in [4.78, 5) is 31.7. The molecule has 1 aliphatic rings. The number of nitrogens with one attached hydrogen (secondary N) is 2. The van der Waals surface area contributed by atoms with Gasteiger partial charge in [0.1, 0.15) is 5.65 Å². The van der Waals surface area contributed by atoms with Gasteiger partial charge in [0.25, 0.3) is 0 Å². The number of aromatic nitrogens is 3. The molecule has 0 atom stereocenters. The molecule has 0 spiro atoms. The van der Waals surface area contributed by atoms with E-state index in [4.69, 9.17) is 11.5 Å². The lowest BCUT2D eigenvalue weighted by Crippen LogP contribution is -2.47. The summed E-state index contributed by atoms with van der Waals surface area (Å²) in [5.74, 6) is -0.547. The zero-order chi connectivity index (χ0) is 27.6. The highest BCUT2D eigenvalue weighted by Crippen LogP contribution is 2.28. The molecule has 0 aliphatic carbocycles. The third-order valence-electron chi connectivity index (χ3n) is 7.00. The second-order valence-electron chi connectivity index (χ2n) is 9.59. The summed E-state index contributed by atoms with van der Waals surface area (Å²) in [6.45, 7) is 1.84. The van der Waals surface area contributed by atoms with Crippen LogP contribution in [0, 0.1) is 0 Å². The minimum absolute atomic E-state index is 0.0292. The molecule has 12 heteroatoms. The number of hydrogen-bond acceptors (Lipinski definition) is 7. The molecule has 1 aliphatic heterocycles. The van der Waals surface area contributed by atoms with Crippen LogP contribution in [0.25, 0.3) is 28.0 Å². The van der Waals surface area contributed by atoms with Gasteiger partial charge in [-0.2, -0.15) is 9.29 Å². The molecule has 3 heterocycles. The molecule has 1 fully saturated rings. The topological polar surface area (TPSA) is 169 Å².